The molecule has 2 rings (SSSR count). The van der Waals surface area contributed by atoms with Crippen molar-refractivity contribution in [3.63, 3.8) is 0 Å². The lowest BCUT2D eigenvalue weighted by Gasteiger charge is -2.26. The molecular formula is C10H11N3O4. The fraction of sp³-hybridized carbons (Fsp3) is 0.400. The van der Waals surface area contributed by atoms with Crippen LogP contribution in [0.5, 0.6) is 0 Å². The topological polar surface area (TPSA) is 92.6 Å². The van der Waals surface area contributed by atoms with Crippen molar-refractivity contribution >= 4 is 11.9 Å². The first-order valence-corrected chi connectivity index (χ1v) is 5.11. The fourth-order valence-corrected chi connectivity index (χ4v) is 1.57. The van der Waals surface area contributed by atoms with Crippen LogP contribution in [0, 0.1) is 0 Å². The largest absolute Gasteiger partial charge is 0.476 e. The Morgan fingerprint density at radius 3 is 2.35 bits per heavy atom. The summed E-state index contributed by atoms with van der Waals surface area (Å²) in [5, 5.41) is 8.91. The highest BCUT2D eigenvalue weighted by atomic mass is 16.5. The van der Waals surface area contributed by atoms with Gasteiger partial charge < -0.3 is 14.7 Å². The maximum Gasteiger partial charge on any atom is 0.356 e. The highest BCUT2D eigenvalue weighted by Crippen LogP contribution is 2.08. The number of carboxylic acids is 1. The minimum atomic E-state index is -1.25. The summed E-state index contributed by atoms with van der Waals surface area (Å²) in [5.74, 6) is -1.67. The van der Waals surface area contributed by atoms with Crippen molar-refractivity contribution < 1.29 is 19.4 Å². The molecule has 0 atom stereocenters. The molecule has 0 unspecified atom stereocenters. The molecule has 1 aliphatic rings. The molecule has 1 aliphatic heterocycles. The molecule has 1 amide bonds. The molecule has 1 saturated heterocycles. The van der Waals surface area contributed by atoms with Crippen LogP contribution in [0.4, 0.5) is 0 Å². The number of ether oxygens (including phenoxy) is 1. The van der Waals surface area contributed by atoms with Crippen LogP contribution < -0.4 is 0 Å². The van der Waals surface area contributed by atoms with Crippen molar-refractivity contribution in [2.24, 2.45) is 0 Å². The Balaban J connectivity index is 2.26. The Hall–Kier alpha value is -2.02. The summed E-state index contributed by atoms with van der Waals surface area (Å²) in [4.78, 5) is 31.9. The lowest BCUT2D eigenvalue weighted by Crippen LogP contribution is -2.41. The van der Waals surface area contributed by atoms with E-state index in [9.17, 15) is 9.59 Å². The Kier molecular flexibility index (Phi) is 3.29. The van der Waals surface area contributed by atoms with Gasteiger partial charge in [0.25, 0.3) is 5.91 Å². The van der Waals surface area contributed by atoms with Crippen LogP contribution in [-0.2, 0) is 4.74 Å². The minimum absolute atomic E-state index is 0.123. The van der Waals surface area contributed by atoms with Crippen LogP contribution in [0.3, 0.4) is 0 Å². The summed E-state index contributed by atoms with van der Waals surface area (Å²) in [7, 11) is 0. The molecule has 7 nitrogen and oxygen atoms in total. The second-order valence-corrected chi connectivity index (χ2v) is 3.46. The van der Waals surface area contributed by atoms with E-state index in [-0.39, 0.29) is 11.4 Å². The van der Waals surface area contributed by atoms with Gasteiger partial charge in [0.1, 0.15) is 0 Å². The van der Waals surface area contributed by atoms with Gasteiger partial charge in [0, 0.05) is 25.5 Å². The first-order valence-electron chi connectivity index (χ1n) is 5.11. The third-order valence-electron chi connectivity index (χ3n) is 2.40. The number of aromatic carboxylic acids is 1. The number of nitrogens with zero attached hydrogens (tertiary/aromatic N) is 3. The molecule has 17 heavy (non-hydrogen) atoms. The number of amides is 1. The van der Waals surface area contributed by atoms with E-state index in [2.05, 4.69) is 9.97 Å². The number of hydrogen-bond donors (Lipinski definition) is 1. The number of rotatable bonds is 2. The zero-order chi connectivity index (χ0) is 12.3. The standard InChI is InChI=1S/C10H11N3O4/c14-9(13-3-5-17-6-4-13)7-8(10(15)16)12-2-1-11-7/h1-2H,3-6H2,(H,15,16). The number of aromatic nitrogens is 2. The molecular weight excluding hydrogens is 226 g/mol. The van der Waals surface area contributed by atoms with E-state index in [0.29, 0.717) is 26.3 Å². The Morgan fingerprint density at radius 1 is 1.18 bits per heavy atom. The molecule has 7 heteroatoms. The van der Waals surface area contributed by atoms with E-state index in [4.69, 9.17) is 9.84 Å². The third kappa shape index (κ3) is 2.39. The number of hydrogen-bond acceptors (Lipinski definition) is 5. The third-order valence-corrected chi connectivity index (χ3v) is 2.40. The summed E-state index contributed by atoms with van der Waals surface area (Å²) >= 11 is 0. The van der Waals surface area contributed by atoms with Crippen molar-refractivity contribution in [2.75, 3.05) is 26.3 Å². The number of carbonyl (C=O) groups is 2. The molecule has 0 radical (unpaired) electrons. The van der Waals surface area contributed by atoms with Gasteiger partial charge in [-0.05, 0) is 0 Å². The maximum absolute atomic E-state index is 12.0. The van der Waals surface area contributed by atoms with Gasteiger partial charge in [-0.2, -0.15) is 0 Å². The van der Waals surface area contributed by atoms with E-state index in [1.807, 2.05) is 0 Å². The average molecular weight is 237 g/mol. The van der Waals surface area contributed by atoms with E-state index in [1.165, 1.54) is 17.3 Å². The van der Waals surface area contributed by atoms with Crippen LogP contribution in [0.1, 0.15) is 21.0 Å². The van der Waals surface area contributed by atoms with Crippen molar-refractivity contribution in [3.8, 4) is 0 Å². The summed E-state index contributed by atoms with van der Waals surface area (Å²) in [6.07, 6.45) is 2.56. The van der Waals surface area contributed by atoms with E-state index in [1.54, 1.807) is 0 Å². The normalized spacial score (nSPS) is 15.6. The van der Waals surface area contributed by atoms with Gasteiger partial charge in [-0.3, -0.25) is 4.79 Å². The molecule has 2 heterocycles. The second kappa shape index (κ2) is 4.88. The Morgan fingerprint density at radius 2 is 1.76 bits per heavy atom. The second-order valence-electron chi connectivity index (χ2n) is 3.46. The molecule has 1 aromatic rings. The first kappa shape index (κ1) is 11.5. The zero-order valence-electron chi connectivity index (χ0n) is 9.00. The van der Waals surface area contributed by atoms with Crippen molar-refractivity contribution in [1.82, 2.24) is 14.9 Å². The van der Waals surface area contributed by atoms with Crippen molar-refractivity contribution in [1.29, 1.82) is 0 Å². The summed E-state index contributed by atoms with van der Waals surface area (Å²) in [5.41, 5.74) is -0.439. The molecule has 0 aromatic carbocycles. The van der Waals surface area contributed by atoms with E-state index < -0.39 is 11.9 Å². The Bertz CT molecular complexity index is 443. The van der Waals surface area contributed by atoms with E-state index >= 15 is 0 Å². The molecule has 0 bridgehead atoms. The molecule has 1 aromatic heterocycles. The minimum Gasteiger partial charge on any atom is -0.476 e. The predicted octanol–water partition coefficient (Wildman–Crippen LogP) is -0.353. The summed E-state index contributed by atoms with van der Waals surface area (Å²) in [6, 6.07) is 0. The smallest absolute Gasteiger partial charge is 0.356 e. The van der Waals surface area contributed by atoms with Gasteiger partial charge in [0.05, 0.1) is 13.2 Å². The summed E-state index contributed by atoms with van der Waals surface area (Å²) in [6.45, 7) is 1.78. The van der Waals surface area contributed by atoms with Crippen LogP contribution in [0.2, 0.25) is 0 Å². The van der Waals surface area contributed by atoms with Crippen LogP contribution in [0.25, 0.3) is 0 Å². The molecule has 1 fully saturated rings. The predicted molar refractivity (Wildman–Crippen MR) is 55.7 cm³/mol. The lowest BCUT2D eigenvalue weighted by molar-refractivity contribution is 0.0295. The number of morpholine rings is 1. The van der Waals surface area contributed by atoms with Gasteiger partial charge in [0.2, 0.25) is 0 Å². The molecule has 0 saturated carbocycles. The molecule has 0 aliphatic carbocycles. The quantitative estimate of drug-likeness (QED) is 0.755. The van der Waals surface area contributed by atoms with Gasteiger partial charge in [-0.25, -0.2) is 14.8 Å². The van der Waals surface area contributed by atoms with Gasteiger partial charge in [-0.15, -0.1) is 0 Å². The van der Waals surface area contributed by atoms with Crippen molar-refractivity contribution in [2.45, 2.75) is 0 Å². The highest BCUT2D eigenvalue weighted by molar-refractivity contribution is 6.01. The Labute approximate surface area is 97.0 Å². The van der Waals surface area contributed by atoms with Crippen LogP contribution >= 0.6 is 0 Å². The molecule has 1 N–H and O–H groups in total. The monoisotopic (exact) mass is 237 g/mol. The van der Waals surface area contributed by atoms with Gasteiger partial charge >= 0.3 is 5.97 Å². The SMILES string of the molecule is O=C(O)c1nccnc1C(=O)N1CCOCC1. The fourth-order valence-electron chi connectivity index (χ4n) is 1.57. The zero-order valence-corrected chi connectivity index (χ0v) is 9.00. The van der Waals surface area contributed by atoms with Gasteiger partial charge in [-0.1, -0.05) is 0 Å². The maximum atomic E-state index is 12.0. The highest BCUT2D eigenvalue weighted by Gasteiger charge is 2.25. The molecule has 0 spiro atoms. The number of carbonyl (C=O) groups excluding carboxylic acids is 1. The lowest BCUT2D eigenvalue weighted by atomic mass is 10.2. The summed E-state index contributed by atoms with van der Waals surface area (Å²) < 4.78 is 5.12. The van der Waals surface area contributed by atoms with Gasteiger partial charge in [0.15, 0.2) is 11.4 Å². The number of carboxylic acid groups (broad SMARTS) is 1. The molecule has 90 valence electrons. The van der Waals surface area contributed by atoms with E-state index in [0.717, 1.165) is 0 Å². The van der Waals surface area contributed by atoms with Crippen LogP contribution in [-0.4, -0.2) is 58.2 Å². The average Bonchev–Trinajstić information content (AvgIpc) is 2.39. The van der Waals surface area contributed by atoms with Crippen molar-refractivity contribution in [3.05, 3.63) is 23.8 Å². The van der Waals surface area contributed by atoms with Crippen LogP contribution in [0.15, 0.2) is 12.4 Å². The first-order chi connectivity index (χ1) is 8.20.